The Hall–Kier alpha value is -5.64. The van der Waals surface area contributed by atoms with Crippen LogP contribution in [0, 0.1) is 0 Å². The number of rotatable bonds is 13. The molecular formula is C49H54N4O8S3. The van der Waals surface area contributed by atoms with Gasteiger partial charge < -0.3 is 24.3 Å². The van der Waals surface area contributed by atoms with Crippen LogP contribution in [0.1, 0.15) is 103 Å². The van der Waals surface area contributed by atoms with Crippen LogP contribution in [0.2, 0.25) is 0 Å². The second-order valence-corrected chi connectivity index (χ2v) is 20.2. The van der Waals surface area contributed by atoms with Crippen molar-refractivity contribution in [2.24, 2.45) is 0 Å². The van der Waals surface area contributed by atoms with Crippen LogP contribution in [0.3, 0.4) is 0 Å². The zero-order chi connectivity index (χ0) is 46.1. The zero-order valence-electron chi connectivity index (χ0n) is 37.9. The Balaban J connectivity index is 1.40. The van der Waals surface area contributed by atoms with E-state index in [2.05, 4.69) is 76.4 Å². The third kappa shape index (κ3) is 9.15. The summed E-state index contributed by atoms with van der Waals surface area (Å²) in [6, 6.07) is 20.2. The van der Waals surface area contributed by atoms with Gasteiger partial charge in [-0.25, -0.2) is 9.59 Å². The molecule has 0 saturated heterocycles. The van der Waals surface area contributed by atoms with Gasteiger partial charge in [0, 0.05) is 25.8 Å². The molecule has 0 spiro atoms. The molecular weight excluding hydrogens is 869 g/mol. The van der Waals surface area contributed by atoms with Crippen LogP contribution in [0.4, 0.5) is 15.3 Å². The normalized spacial score (nSPS) is 14.5. The maximum absolute atomic E-state index is 13.6. The molecule has 3 aromatic heterocycles. The Kier molecular flexibility index (Phi) is 13.4. The fourth-order valence-electron chi connectivity index (χ4n) is 8.03. The fraction of sp³-hybridized carbons (Fsp3) is 0.388. The quantitative estimate of drug-likeness (QED) is 0.0844. The minimum absolute atomic E-state index is 0.123. The highest BCUT2D eigenvalue weighted by Crippen LogP contribution is 2.53. The Labute approximate surface area is 386 Å². The molecule has 3 aromatic carbocycles. The Morgan fingerprint density at radius 3 is 1.83 bits per heavy atom. The summed E-state index contributed by atoms with van der Waals surface area (Å²) >= 11 is 4.18. The average Bonchev–Trinajstić information content (AvgIpc) is 4.03. The van der Waals surface area contributed by atoms with Crippen molar-refractivity contribution in [3.63, 3.8) is 0 Å². The van der Waals surface area contributed by atoms with Crippen molar-refractivity contribution in [3.8, 4) is 42.4 Å². The van der Waals surface area contributed by atoms with Crippen molar-refractivity contribution in [1.82, 2.24) is 14.1 Å². The Morgan fingerprint density at radius 1 is 0.625 bits per heavy atom. The number of thiophene rings is 2. The topological polar surface area (TPSA) is 155 Å². The SMILES string of the molecule is CCOC(=O)Cc1cc(C(C)(C)C)sc1-c1ccc(-c2sc(-c3ccc4c(c3)C(CC(=O)OCC)(NC(=O)OCC)c3cc(C(C)(C)C)ccc3-4)cc2NC(=O)OCC)c2nsnc12. The molecule has 6 aromatic rings. The van der Waals surface area contributed by atoms with Crippen LogP contribution in [-0.4, -0.2) is 59.3 Å². The van der Waals surface area contributed by atoms with E-state index in [1.807, 2.05) is 36.4 Å². The summed E-state index contributed by atoms with van der Waals surface area (Å²) in [5.74, 6) is -0.773. The minimum Gasteiger partial charge on any atom is -0.466 e. The number of ether oxygens (including phenoxy) is 4. The number of hydrogen-bond donors (Lipinski definition) is 2. The molecule has 0 aliphatic heterocycles. The van der Waals surface area contributed by atoms with Crippen LogP contribution < -0.4 is 10.6 Å². The van der Waals surface area contributed by atoms with Gasteiger partial charge in [-0.3, -0.25) is 14.9 Å². The lowest BCUT2D eigenvalue weighted by molar-refractivity contribution is -0.144. The van der Waals surface area contributed by atoms with Crippen molar-refractivity contribution in [3.05, 3.63) is 87.8 Å². The first-order chi connectivity index (χ1) is 30.4. The van der Waals surface area contributed by atoms with Crippen molar-refractivity contribution in [2.75, 3.05) is 31.7 Å². The molecule has 0 saturated carbocycles. The first-order valence-corrected chi connectivity index (χ1v) is 23.8. The maximum Gasteiger partial charge on any atom is 0.411 e. The van der Waals surface area contributed by atoms with E-state index in [1.54, 1.807) is 39.0 Å². The van der Waals surface area contributed by atoms with E-state index < -0.39 is 23.7 Å². The van der Waals surface area contributed by atoms with Crippen LogP contribution in [-0.2, 0) is 51.3 Å². The lowest BCUT2D eigenvalue weighted by Gasteiger charge is -2.33. The van der Waals surface area contributed by atoms with Crippen molar-refractivity contribution >= 4 is 75.2 Å². The first-order valence-electron chi connectivity index (χ1n) is 21.5. The molecule has 1 aliphatic carbocycles. The van der Waals surface area contributed by atoms with E-state index in [-0.39, 0.29) is 49.5 Å². The van der Waals surface area contributed by atoms with Crippen molar-refractivity contribution in [1.29, 1.82) is 0 Å². The van der Waals surface area contributed by atoms with Gasteiger partial charge in [-0.2, -0.15) is 8.75 Å². The summed E-state index contributed by atoms with van der Waals surface area (Å²) in [6.45, 7) is 20.6. The lowest BCUT2D eigenvalue weighted by atomic mass is 9.80. The molecule has 1 aliphatic rings. The third-order valence-corrected chi connectivity index (χ3v) is 14.4. The average molecular weight is 923 g/mol. The monoisotopic (exact) mass is 922 g/mol. The van der Waals surface area contributed by atoms with Crippen LogP contribution >= 0.6 is 34.4 Å². The van der Waals surface area contributed by atoms with Gasteiger partial charge in [0.05, 0.1) is 61.6 Å². The van der Waals surface area contributed by atoms with Gasteiger partial charge in [0.25, 0.3) is 0 Å². The molecule has 1 unspecified atom stereocenters. The number of carbonyl (C=O) groups excluding carboxylic acids is 4. The zero-order valence-corrected chi connectivity index (χ0v) is 40.4. The number of fused-ring (bicyclic) bond motifs is 4. The van der Waals surface area contributed by atoms with Crippen LogP contribution in [0.25, 0.3) is 53.5 Å². The van der Waals surface area contributed by atoms with E-state index in [0.717, 1.165) is 75.7 Å². The first kappa shape index (κ1) is 46.4. The largest absolute Gasteiger partial charge is 0.466 e. The van der Waals surface area contributed by atoms with E-state index >= 15 is 0 Å². The fourth-order valence-corrected chi connectivity index (χ4v) is 11.0. The second kappa shape index (κ2) is 18.5. The third-order valence-electron chi connectivity index (χ3n) is 11.0. The van der Waals surface area contributed by atoms with Gasteiger partial charge in [-0.15, -0.1) is 22.7 Å². The van der Waals surface area contributed by atoms with Crippen molar-refractivity contribution in [2.45, 2.75) is 98.4 Å². The molecule has 0 fully saturated rings. The highest BCUT2D eigenvalue weighted by Gasteiger charge is 2.48. The van der Waals surface area contributed by atoms with Gasteiger partial charge in [0.15, 0.2) is 0 Å². The van der Waals surface area contributed by atoms with Gasteiger partial charge >= 0.3 is 24.1 Å². The molecule has 1 atom stereocenters. The minimum atomic E-state index is -1.33. The number of nitrogens with zero attached hydrogens (tertiary/aromatic N) is 2. The number of esters is 2. The molecule has 2 amide bonds. The number of hydrogen-bond acceptors (Lipinski definition) is 13. The molecule has 15 heteroatoms. The summed E-state index contributed by atoms with van der Waals surface area (Å²) < 4.78 is 31.3. The Bertz CT molecular complexity index is 2730. The standard InChI is InChI=1S/C49H54N4O8S3/c1-11-58-39(54)23-28-22-38(48(8,9)10)63-43(28)32-19-20-33(42-41(32)52-64-53-42)44-36(50-45(56)60-13-3)25-37(62-44)27-15-17-30-31-18-16-29(47(5,6)7)24-35(31)49(34(30)21-27,26-40(55)59-12-2)51-46(57)61-14-4/h15-22,24-25H,11-14,23,26H2,1-10H3,(H,50,56)(H,51,57). The smallest absolute Gasteiger partial charge is 0.411 e. The molecule has 7 rings (SSSR count). The molecule has 12 nitrogen and oxygen atoms in total. The number of carbonyl (C=O) groups is 4. The van der Waals surface area contributed by atoms with Crippen LogP contribution in [0.5, 0.6) is 0 Å². The second-order valence-electron chi connectivity index (χ2n) is 17.5. The van der Waals surface area contributed by atoms with Crippen LogP contribution in [0.15, 0.2) is 60.7 Å². The number of alkyl carbamates (subject to hydrolysis) is 1. The number of anilines is 1. The van der Waals surface area contributed by atoms with Gasteiger partial charge in [0.1, 0.15) is 16.6 Å². The van der Waals surface area contributed by atoms with Crippen molar-refractivity contribution < 1.29 is 38.1 Å². The highest BCUT2D eigenvalue weighted by molar-refractivity contribution is 7.19. The number of amides is 2. The highest BCUT2D eigenvalue weighted by atomic mass is 32.1. The summed E-state index contributed by atoms with van der Waals surface area (Å²) in [7, 11) is 0. The van der Waals surface area contributed by atoms with Gasteiger partial charge in [-0.05, 0) is 95.7 Å². The van der Waals surface area contributed by atoms with E-state index in [0.29, 0.717) is 28.9 Å². The molecule has 0 radical (unpaired) electrons. The number of nitrogens with one attached hydrogen (secondary N) is 2. The summed E-state index contributed by atoms with van der Waals surface area (Å²) in [5, 5.41) is 6.10. The Morgan fingerprint density at radius 2 is 1.20 bits per heavy atom. The van der Waals surface area contributed by atoms with Gasteiger partial charge in [0.2, 0.25) is 0 Å². The summed E-state index contributed by atoms with van der Waals surface area (Å²) in [4.78, 5) is 56.7. The van der Waals surface area contributed by atoms with E-state index in [9.17, 15) is 19.2 Å². The predicted octanol–water partition coefficient (Wildman–Crippen LogP) is 12.0. The molecule has 336 valence electrons. The van der Waals surface area contributed by atoms with E-state index in [1.165, 1.54) is 11.3 Å². The maximum atomic E-state index is 13.6. The number of aromatic nitrogens is 2. The molecule has 64 heavy (non-hydrogen) atoms. The molecule has 0 bridgehead atoms. The predicted molar refractivity (Wildman–Crippen MR) is 255 cm³/mol. The van der Waals surface area contributed by atoms with Gasteiger partial charge in [-0.1, -0.05) is 84.0 Å². The lowest BCUT2D eigenvalue weighted by Crippen LogP contribution is -2.47. The molecule has 2 N–H and O–H groups in total. The summed E-state index contributed by atoms with van der Waals surface area (Å²) in [6.07, 6.45) is -1.32. The molecule has 3 heterocycles. The number of benzene rings is 3. The van der Waals surface area contributed by atoms with E-state index in [4.69, 9.17) is 27.7 Å². The summed E-state index contributed by atoms with van der Waals surface area (Å²) in [5.41, 5.74) is 7.61.